The second-order valence-electron chi connectivity index (χ2n) is 9.65. The van der Waals surface area contributed by atoms with Gasteiger partial charge in [0.2, 0.25) is 0 Å². The molecule has 2 unspecified atom stereocenters. The van der Waals surface area contributed by atoms with Gasteiger partial charge < -0.3 is 20.1 Å². The summed E-state index contributed by atoms with van der Waals surface area (Å²) >= 11 is 0. The third-order valence-corrected chi connectivity index (χ3v) is 7.01. The first-order chi connectivity index (χ1) is 16.5. The summed E-state index contributed by atoms with van der Waals surface area (Å²) in [7, 11) is 0. The van der Waals surface area contributed by atoms with Crippen LogP contribution < -0.4 is 15.4 Å². The van der Waals surface area contributed by atoms with Gasteiger partial charge in [0.05, 0.1) is 6.54 Å². The van der Waals surface area contributed by atoms with Gasteiger partial charge in [-0.25, -0.2) is 4.79 Å². The molecule has 5 heteroatoms. The monoisotopic (exact) mass is 456 g/mol. The number of anilines is 1. The number of alkyl carbamates (subject to hydrolysis) is 1. The van der Waals surface area contributed by atoms with Gasteiger partial charge in [0.1, 0.15) is 18.5 Å². The summed E-state index contributed by atoms with van der Waals surface area (Å²) in [6.45, 7) is 7.33. The molecule has 0 aromatic heterocycles. The molecule has 0 fully saturated rings. The summed E-state index contributed by atoms with van der Waals surface area (Å²) in [5.41, 5.74) is 7.14. The van der Waals surface area contributed by atoms with E-state index in [1.807, 2.05) is 18.2 Å². The van der Waals surface area contributed by atoms with Gasteiger partial charge in [0.25, 0.3) is 0 Å². The van der Waals surface area contributed by atoms with E-state index in [0.29, 0.717) is 25.1 Å². The Kier molecular flexibility index (Phi) is 6.18. The normalized spacial score (nSPS) is 16.9. The molecule has 0 spiro atoms. The Morgan fingerprint density at radius 3 is 2.35 bits per heavy atom. The van der Waals surface area contributed by atoms with Crippen LogP contribution in [-0.2, 0) is 11.2 Å². The highest BCUT2D eigenvalue weighted by Crippen LogP contribution is 2.44. The van der Waals surface area contributed by atoms with E-state index in [1.54, 1.807) is 0 Å². The van der Waals surface area contributed by atoms with E-state index in [9.17, 15) is 4.79 Å². The van der Waals surface area contributed by atoms with Crippen molar-refractivity contribution in [2.24, 2.45) is 5.92 Å². The van der Waals surface area contributed by atoms with Gasteiger partial charge in [-0.05, 0) is 58.9 Å². The Bertz CT molecular complexity index is 1140. The molecule has 0 saturated carbocycles. The van der Waals surface area contributed by atoms with Crippen molar-refractivity contribution in [3.8, 4) is 16.9 Å². The zero-order valence-corrected chi connectivity index (χ0v) is 20.0. The summed E-state index contributed by atoms with van der Waals surface area (Å²) in [6, 6.07) is 23.3. The van der Waals surface area contributed by atoms with Crippen LogP contribution in [0.4, 0.5) is 10.5 Å². The van der Waals surface area contributed by atoms with Crippen LogP contribution in [0.15, 0.2) is 66.7 Å². The van der Waals surface area contributed by atoms with Crippen LogP contribution in [0, 0.1) is 5.92 Å². The van der Waals surface area contributed by atoms with E-state index >= 15 is 0 Å². The van der Waals surface area contributed by atoms with E-state index in [0.717, 1.165) is 17.9 Å². The minimum Gasteiger partial charge on any atom is -0.488 e. The molecule has 1 amide bonds. The van der Waals surface area contributed by atoms with Crippen molar-refractivity contribution in [1.82, 2.24) is 5.32 Å². The zero-order valence-electron chi connectivity index (χ0n) is 20.0. The molecule has 5 rings (SSSR count). The molecule has 2 N–H and O–H groups in total. The van der Waals surface area contributed by atoms with Crippen molar-refractivity contribution in [2.45, 2.75) is 45.3 Å². The summed E-state index contributed by atoms with van der Waals surface area (Å²) in [6.07, 6.45) is 0.271. The van der Waals surface area contributed by atoms with Crippen molar-refractivity contribution in [3.05, 3.63) is 83.4 Å². The Morgan fingerprint density at radius 1 is 1.00 bits per heavy atom. The number of amides is 1. The van der Waals surface area contributed by atoms with E-state index in [4.69, 9.17) is 9.47 Å². The molecule has 1 heterocycles. The number of benzene rings is 3. The van der Waals surface area contributed by atoms with Crippen molar-refractivity contribution < 1.29 is 14.3 Å². The van der Waals surface area contributed by atoms with Crippen LogP contribution in [-0.4, -0.2) is 31.4 Å². The van der Waals surface area contributed by atoms with Crippen LogP contribution in [0.2, 0.25) is 0 Å². The summed E-state index contributed by atoms with van der Waals surface area (Å²) < 4.78 is 11.7. The minimum atomic E-state index is -0.408. The topological polar surface area (TPSA) is 59.6 Å². The number of nitrogens with one attached hydrogen (secondary N) is 2. The van der Waals surface area contributed by atoms with Gasteiger partial charge in [-0.3, -0.25) is 0 Å². The molecule has 34 heavy (non-hydrogen) atoms. The maximum absolute atomic E-state index is 12.5. The third kappa shape index (κ3) is 4.47. The van der Waals surface area contributed by atoms with Crippen LogP contribution in [0.3, 0.4) is 0 Å². The Morgan fingerprint density at radius 2 is 1.68 bits per heavy atom. The van der Waals surface area contributed by atoms with Gasteiger partial charge >= 0.3 is 6.09 Å². The SMILES string of the molecule is CC(C)C(C)Nc1ccc2c(c1)CC(CNC(=O)OCC1c3ccccc3-c3ccccc31)O2. The van der Waals surface area contributed by atoms with Gasteiger partial charge in [-0.15, -0.1) is 0 Å². The minimum absolute atomic E-state index is 0.0595. The van der Waals surface area contributed by atoms with Gasteiger partial charge in [0.15, 0.2) is 0 Å². The lowest BCUT2D eigenvalue weighted by atomic mass is 9.98. The first-order valence-corrected chi connectivity index (χ1v) is 12.1. The molecular formula is C29H32N2O3. The predicted molar refractivity (Wildman–Crippen MR) is 136 cm³/mol. The predicted octanol–water partition coefficient (Wildman–Crippen LogP) is 5.99. The van der Waals surface area contributed by atoms with Crippen LogP contribution in [0.5, 0.6) is 5.75 Å². The molecule has 5 nitrogen and oxygen atoms in total. The highest BCUT2D eigenvalue weighted by Gasteiger charge is 2.29. The fraction of sp³-hybridized carbons (Fsp3) is 0.345. The number of carbonyl (C=O) groups excluding carboxylic acids is 1. The lowest BCUT2D eigenvalue weighted by Gasteiger charge is -2.19. The van der Waals surface area contributed by atoms with E-state index in [1.165, 1.54) is 27.8 Å². The fourth-order valence-corrected chi connectivity index (χ4v) is 4.80. The van der Waals surface area contributed by atoms with Crippen molar-refractivity contribution >= 4 is 11.8 Å². The van der Waals surface area contributed by atoms with Gasteiger partial charge in [-0.2, -0.15) is 0 Å². The average molecular weight is 457 g/mol. The van der Waals surface area contributed by atoms with E-state index < -0.39 is 6.09 Å². The quantitative estimate of drug-likeness (QED) is 0.459. The van der Waals surface area contributed by atoms with Crippen molar-refractivity contribution in [2.75, 3.05) is 18.5 Å². The van der Waals surface area contributed by atoms with Crippen LogP contribution >= 0.6 is 0 Å². The average Bonchev–Trinajstić information content (AvgIpc) is 3.39. The molecule has 0 saturated heterocycles. The number of carbonyl (C=O) groups is 1. The lowest BCUT2D eigenvalue weighted by molar-refractivity contribution is 0.136. The molecule has 0 bridgehead atoms. The Labute approximate surface area is 201 Å². The van der Waals surface area contributed by atoms with Crippen molar-refractivity contribution in [1.29, 1.82) is 0 Å². The largest absolute Gasteiger partial charge is 0.488 e. The summed E-state index contributed by atoms with van der Waals surface area (Å²) in [5, 5.41) is 6.44. The molecular weight excluding hydrogens is 424 g/mol. The fourth-order valence-electron chi connectivity index (χ4n) is 4.80. The standard InChI is InChI=1S/C29H32N2O3/c1-18(2)19(3)31-21-12-13-28-20(14-21)15-22(34-28)16-30-29(32)33-17-27-25-10-6-4-8-23(25)24-9-5-7-11-26(24)27/h4-14,18-19,22,27,31H,15-17H2,1-3H3,(H,30,32). The lowest BCUT2D eigenvalue weighted by Crippen LogP contribution is -2.35. The zero-order chi connectivity index (χ0) is 23.7. The number of hydrogen-bond donors (Lipinski definition) is 2. The molecule has 1 aliphatic heterocycles. The molecule has 2 aliphatic rings. The highest BCUT2D eigenvalue weighted by atomic mass is 16.5. The molecule has 3 aromatic carbocycles. The van der Waals surface area contributed by atoms with Gasteiger partial charge in [-0.1, -0.05) is 62.4 Å². The molecule has 1 aliphatic carbocycles. The molecule has 3 aromatic rings. The maximum atomic E-state index is 12.5. The number of hydrogen-bond acceptors (Lipinski definition) is 4. The molecule has 2 atom stereocenters. The number of ether oxygens (including phenoxy) is 2. The summed E-state index contributed by atoms with van der Waals surface area (Å²) in [4.78, 5) is 12.5. The van der Waals surface area contributed by atoms with Crippen LogP contribution in [0.25, 0.3) is 11.1 Å². The molecule has 176 valence electrons. The van der Waals surface area contributed by atoms with E-state index in [2.05, 4.69) is 79.9 Å². The van der Waals surface area contributed by atoms with E-state index in [-0.39, 0.29) is 12.0 Å². The maximum Gasteiger partial charge on any atom is 0.407 e. The van der Waals surface area contributed by atoms with Crippen molar-refractivity contribution in [3.63, 3.8) is 0 Å². The Hall–Kier alpha value is -3.47. The summed E-state index contributed by atoms with van der Waals surface area (Å²) in [5.74, 6) is 1.50. The number of rotatable bonds is 7. The third-order valence-electron chi connectivity index (χ3n) is 7.01. The first-order valence-electron chi connectivity index (χ1n) is 12.1. The first kappa shape index (κ1) is 22.3. The highest BCUT2D eigenvalue weighted by molar-refractivity contribution is 5.79. The second kappa shape index (κ2) is 9.41. The Balaban J connectivity index is 1.14. The molecule has 0 radical (unpaired) electrons. The second-order valence-corrected chi connectivity index (χ2v) is 9.65. The smallest absolute Gasteiger partial charge is 0.407 e. The van der Waals surface area contributed by atoms with Gasteiger partial charge in [0, 0.05) is 24.1 Å². The number of fused-ring (bicyclic) bond motifs is 4. The van der Waals surface area contributed by atoms with Crippen LogP contribution in [0.1, 0.15) is 43.4 Å².